The Labute approximate surface area is 69.4 Å². The van der Waals surface area contributed by atoms with E-state index in [0.717, 1.165) is 12.2 Å². The fourth-order valence-electron chi connectivity index (χ4n) is 0.575. The first-order chi connectivity index (χ1) is 5.04. The second-order valence-corrected chi connectivity index (χ2v) is 3.30. The van der Waals surface area contributed by atoms with Crippen molar-refractivity contribution in [3.63, 3.8) is 0 Å². The number of nitrogens with two attached hydrogens (primary N) is 1. The lowest BCUT2D eigenvalue weighted by Crippen LogP contribution is -2.18. The Morgan fingerprint density at radius 2 is 2.09 bits per heavy atom. The SMILES string of the molecule is C=C(OCCN)C(C)(C)CC. The van der Waals surface area contributed by atoms with Crippen LogP contribution in [0.25, 0.3) is 0 Å². The molecule has 0 unspecified atom stereocenters. The van der Waals surface area contributed by atoms with Gasteiger partial charge in [0, 0.05) is 12.0 Å². The molecular weight excluding hydrogens is 138 g/mol. The van der Waals surface area contributed by atoms with Gasteiger partial charge in [-0.25, -0.2) is 0 Å². The highest BCUT2D eigenvalue weighted by Gasteiger charge is 2.20. The maximum atomic E-state index is 5.33. The first-order valence-electron chi connectivity index (χ1n) is 4.07. The van der Waals surface area contributed by atoms with Gasteiger partial charge in [0.25, 0.3) is 0 Å². The second-order valence-electron chi connectivity index (χ2n) is 3.30. The molecule has 11 heavy (non-hydrogen) atoms. The molecule has 0 fully saturated rings. The Morgan fingerprint density at radius 1 is 1.55 bits per heavy atom. The Kier molecular flexibility index (Phi) is 4.19. The number of rotatable bonds is 5. The van der Waals surface area contributed by atoms with Gasteiger partial charge in [0.05, 0.1) is 12.4 Å². The van der Waals surface area contributed by atoms with Gasteiger partial charge in [-0.05, 0) is 6.42 Å². The van der Waals surface area contributed by atoms with Gasteiger partial charge >= 0.3 is 0 Å². The zero-order chi connectivity index (χ0) is 8.91. The molecule has 0 aromatic carbocycles. The Bertz CT molecular complexity index is 130. The fourth-order valence-corrected chi connectivity index (χ4v) is 0.575. The smallest absolute Gasteiger partial charge is 0.0999 e. The van der Waals surface area contributed by atoms with E-state index in [0.29, 0.717) is 13.2 Å². The summed E-state index contributed by atoms with van der Waals surface area (Å²) in [6.45, 7) is 11.3. The van der Waals surface area contributed by atoms with Crippen LogP contribution in [0.5, 0.6) is 0 Å². The van der Waals surface area contributed by atoms with E-state index in [4.69, 9.17) is 10.5 Å². The molecule has 0 aromatic heterocycles. The van der Waals surface area contributed by atoms with Crippen molar-refractivity contribution in [2.75, 3.05) is 13.2 Å². The van der Waals surface area contributed by atoms with E-state index in [1.54, 1.807) is 0 Å². The van der Waals surface area contributed by atoms with Crippen molar-refractivity contribution < 1.29 is 4.74 Å². The molecule has 0 aliphatic carbocycles. The standard InChI is InChI=1S/C9H19NO/c1-5-9(3,4)8(2)11-7-6-10/h2,5-7,10H2,1,3-4H3. The maximum absolute atomic E-state index is 5.33. The molecule has 0 saturated carbocycles. The van der Waals surface area contributed by atoms with Crippen LogP contribution in [0.3, 0.4) is 0 Å². The van der Waals surface area contributed by atoms with Crippen molar-refractivity contribution in [2.24, 2.45) is 11.1 Å². The number of hydrogen-bond acceptors (Lipinski definition) is 2. The van der Waals surface area contributed by atoms with Crippen LogP contribution in [-0.4, -0.2) is 13.2 Å². The largest absolute Gasteiger partial charge is 0.497 e. The lowest BCUT2D eigenvalue weighted by atomic mass is 9.88. The monoisotopic (exact) mass is 157 g/mol. The van der Waals surface area contributed by atoms with Crippen molar-refractivity contribution in [3.8, 4) is 0 Å². The summed E-state index contributed by atoms with van der Waals surface area (Å²) in [6.07, 6.45) is 1.04. The summed E-state index contributed by atoms with van der Waals surface area (Å²) in [7, 11) is 0. The molecule has 66 valence electrons. The van der Waals surface area contributed by atoms with Crippen LogP contribution in [0, 0.1) is 5.41 Å². The summed E-state index contributed by atoms with van der Waals surface area (Å²) in [5, 5.41) is 0. The molecule has 2 N–H and O–H groups in total. The lowest BCUT2D eigenvalue weighted by molar-refractivity contribution is 0.148. The molecule has 0 aromatic rings. The lowest BCUT2D eigenvalue weighted by Gasteiger charge is -2.25. The Morgan fingerprint density at radius 3 is 2.45 bits per heavy atom. The zero-order valence-corrected chi connectivity index (χ0v) is 7.81. The molecule has 2 heteroatoms. The number of allylic oxidation sites excluding steroid dienone is 1. The van der Waals surface area contributed by atoms with Gasteiger partial charge in [-0.2, -0.15) is 0 Å². The van der Waals surface area contributed by atoms with Gasteiger partial charge in [-0.1, -0.05) is 27.4 Å². The summed E-state index contributed by atoms with van der Waals surface area (Å²) in [6, 6.07) is 0. The summed E-state index contributed by atoms with van der Waals surface area (Å²) in [4.78, 5) is 0. The average molecular weight is 157 g/mol. The zero-order valence-electron chi connectivity index (χ0n) is 7.81. The summed E-state index contributed by atoms with van der Waals surface area (Å²) in [5.41, 5.74) is 5.37. The fraction of sp³-hybridized carbons (Fsp3) is 0.778. The summed E-state index contributed by atoms with van der Waals surface area (Å²) >= 11 is 0. The number of ether oxygens (including phenoxy) is 1. The van der Waals surface area contributed by atoms with Crippen LogP contribution in [0.2, 0.25) is 0 Å². The third-order valence-electron chi connectivity index (χ3n) is 2.03. The van der Waals surface area contributed by atoms with Gasteiger partial charge in [0.15, 0.2) is 0 Å². The van der Waals surface area contributed by atoms with Crippen molar-refractivity contribution >= 4 is 0 Å². The Hall–Kier alpha value is -0.500. The van der Waals surface area contributed by atoms with E-state index in [1.165, 1.54) is 0 Å². The summed E-state index contributed by atoms with van der Waals surface area (Å²) in [5.74, 6) is 0.838. The Balaban J connectivity index is 3.82. The van der Waals surface area contributed by atoms with Crippen LogP contribution in [0.15, 0.2) is 12.3 Å². The van der Waals surface area contributed by atoms with Crippen LogP contribution in [0.4, 0.5) is 0 Å². The molecule has 0 heterocycles. The highest BCUT2D eigenvalue weighted by molar-refractivity contribution is 4.97. The minimum atomic E-state index is 0.0785. The van der Waals surface area contributed by atoms with Gasteiger partial charge in [-0.3, -0.25) is 0 Å². The van der Waals surface area contributed by atoms with Crippen molar-refractivity contribution in [2.45, 2.75) is 27.2 Å². The molecule has 0 amide bonds. The van der Waals surface area contributed by atoms with Crippen LogP contribution < -0.4 is 5.73 Å². The van der Waals surface area contributed by atoms with Crippen molar-refractivity contribution in [3.05, 3.63) is 12.3 Å². The molecule has 2 nitrogen and oxygen atoms in total. The van der Waals surface area contributed by atoms with E-state index in [1.807, 2.05) is 0 Å². The normalized spacial score (nSPS) is 11.3. The van der Waals surface area contributed by atoms with Gasteiger partial charge in [0.2, 0.25) is 0 Å². The van der Waals surface area contributed by atoms with Gasteiger partial charge in [-0.15, -0.1) is 0 Å². The quantitative estimate of drug-likeness (QED) is 0.619. The molecule has 0 saturated heterocycles. The molecule has 0 radical (unpaired) electrons. The highest BCUT2D eigenvalue weighted by atomic mass is 16.5. The molecule has 0 bridgehead atoms. The summed E-state index contributed by atoms with van der Waals surface area (Å²) < 4.78 is 5.33. The molecule has 0 spiro atoms. The van der Waals surface area contributed by atoms with Crippen molar-refractivity contribution in [1.82, 2.24) is 0 Å². The van der Waals surface area contributed by atoms with Gasteiger partial charge < -0.3 is 10.5 Å². The topological polar surface area (TPSA) is 35.2 Å². The predicted octanol–water partition coefficient (Wildman–Crippen LogP) is 1.91. The van der Waals surface area contributed by atoms with E-state index in [2.05, 4.69) is 27.4 Å². The molecule has 0 aliphatic rings. The minimum absolute atomic E-state index is 0.0785. The minimum Gasteiger partial charge on any atom is -0.497 e. The molecule has 0 atom stereocenters. The number of hydrogen-bond donors (Lipinski definition) is 1. The van der Waals surface area contributed by atoms with Gasteiger partial charge in [0.1, 0.15) is 0 Å². The third-order valence-corrected chi connectivity index (χ3v) is 2.03. The second kappa shape index (κ2) is 4.39. The van der Waals surface area contributed by atoms with Crippen LogP contribution >= 0.6 is 0 Å². The van der Waals surface area contributed by atoms with Crippen LogP contribution in [-0.2, 0) is 4.74 Å². The average Bonchev–Trinajstić information content (AvgIpc) is 2.00. The van der Waals surface area contributed by atoms with Crippen molar-refractivity contribution in [1.29, 1.82) is 0 Å². The predicted molar refractivity (Wildman–Crippen MR) is 48.2 cm³/mol. The van der Waals surface area contributed by atoms with Crippen LogP contribution in [0.1, 0.15) is 27.2 Å². The first kappa shape index (κ1) is 10.5. The highest BCUT2D eigenvalue weighted by Crippen LogP contribution is 2.28. The molecule has 0 rings (SSSR count). The van der Waals surface area contributed by atoms with E-state index in [-0.39, 0.29) is 5.41 Å². The van der Waals surface area contributed by atoms with E-state index < -0.39 is 0 Å². The third kappa shape index (κ3) is 3.42. The maximum Gasteiger partial charge on any atom is 0.0999 e. The first-order valence-corrected chi connectivity index (χ1v) is 4.07. The van der Waals surface area contributed by atoms with E-state index >= 15 is 0 Å². The van der Waals surface area contributed by atoms with E-state index in [9.17, 15) is 0 Å². The molecule has 0 aliphatic heterocycles. The molecular formula is C9H19NO.